The van der Waals surface area contributed by atoms with E-state index in [0.717, 1.165) is 6.07 Å². The predicted molar refractivity (Wildman–Crippen MR) is 124 cm³/mol. The van der Waals surface area contributed by atoms with Gasteiger partial charge < -0.3 is 25.0 Å². The molecule has 0 radical (unpaired) electrons. The van der Waals surface area contributed by atoms with Crippen molar-refractivity contribution in [3.8, 4) is 17.2 Å². The van der Waals surface area contributed by atoms with Gasteiger partial charge in [-0.25, -0.2) is 0 Å². The molecule has 1 fully saturated rings. The van der Waals surface area contributed by atoms with Crippen molar-refractivity contribution in [1.82, 2.24) is 15.5 Å². The average molecular weight is 508 g/mol. The summed E-state index contributed by atoms with van der Waals surface area (Å²) in [7, 11) is 4.49. The average Bonchev–Trinajstić information content (AvgIpc) is 3.61. The minimum atomic E-state index is -4.62. The third-order valence-corrected chi connectivity index (χ3v) is 5.72. The number of benzene rings is 2. The normalized spacial score (nSPS) is 13.9. The van der Waals surface area contributed by atoms with Gasteiger partial charge in [0.25, 0.3) is 0 Å². The first-order chi connectivity index (χ1) is 16.9. The SMILES string of the molecule is COc1ccc(Oc2ccc(CNC(=O)C3(NC(=O)CCC(=O)N(C)C)CC3)cc2)c(C(F)(F)F)c1. The number of rotatable bonds is 10. The van der Waals surface area contributed by atoms with E-state index in [9.17, 15) is 27.6 Å². The zero-order valence-electron chi connectivity index (χ0n) is 20.2. The van der Waals surface area contributed by atoms with Gasteiger partial charge in [0.2, 0.25) is 17.7 Å². The first kappa shape index (κ1) is 26.8. The summed E-state index contributed by atoms with van der Waals surface area (Å²) in [5, 5.41) is 5.49. The molecule has 1 aliphatic carbocycles. The second kappa shape index (κ2) is 10.9. The molecule has 0 saturated heterocycles. The Morgan fingerprint density at radius 3 is 2.19 bits per heavy atom. The van der Waals surface area contributed by atoms with E-state index in [0.29, 0.717) is 18.4 Å². The number of ether oxygens (including phenoxy) is 2. The van der Waals surface area contributed by atoms with Crippen molar-refractivity contribution >= 4 is 17.7 Å². The van der Waals surface area contributed by atoms with Crippen LogP contribution in [0.15, 0.2) is 42.5 Å². The highest BCUT2D eigenvalue weighted by Gasteiger charge is 2.50. The molecule has 2 aromatic rings. The van der Waals surface area contributed by atoms with E-state index in [-0.39, 0.29) is 54.4 Å². The minimum absolute atomic E-state index is 0.00223. The third kappa shape index (κ3) is 6.89. The lowest BCUT2D eigenvalue weighted by molar-refractivity contribution is -0.138. The molecule has 0 atom stereocenters. The van der Waals surface area contributed by atoms with Gasteiger partial charge in [-0.2, -0.15) is 13.2 Å². The van der Waals surface area contributed by atoms with E-state index in [1.165, 1.54) is 36.3 Å². The molecule has 3 amide bonds. The van der Waals surface area contributed by atoms with Crippen LogP contribution in [0.3, 0.4) is 0 Å². The lowest BCUT2D eigenvalue weighted by Gasteiger charge is -2.18. The van der Waals surface area contributed by atoms with E-state index in [2.05, 4.69) is 10.6 Å². The Labute approximate surface area is 206 Å². The van der Waals surface area contributed by atoms with Crippen molar-refractivity contribution < 1.29 is 37.0 Å². The van der Waals surface area contributed by atoms with Crippen LogP contribution in [0.5, 0.6) is 17.2 Å². The molecule has 0 aromatic heterocycles. The molecule has 11 heteroatoms. The Kier molecular flexibility index (Phi) is 8.11. The lowest BCUT2D eigenvalue weighted by Crippen LogP contribution is -2.48. The van der Waals surface area contributed by atoms with Gasteiger partial charge in [0.05, 0.1) is 7.11 Å². The van der Waals surface area contributed by atoms with Crippen LogP contribution >= 0.6 is 0 Å². The Morgan fingerprint density at radius 2 is 1.64 bits per heavy atom. The minimum Gasteiger partial charge on any atom is -0.497 e. The fourth-order valence-electron chi connectivity index (χ4n) is 3.41. The summed E-state index contributed by atoms with van der Waals surface area (Å²) >= 11 is 0. The molecule has 0 heterocycles. The highest BCUT2D eigenvalue weighted by atomic mass is 19.4. The number of carbonyl (C=O) groups excluding carboxylic acids is 3. The monoisotopic (exact) mass is 507 g/mol. The Hall–Kier alpha value is -3.76. The number of halogens is 3. The number of hydrogen-bond acceptors (Lipinski definition) is 5. The van der Waals surface area contributed by atoms with Crippen LogP contribution in [0, 0.1) is 0 Å². The Morgan fingerprint density at radius 1 is 1.00 bits per heavy atom. The summed E-state index contributed by atoms with van der Waals surface area (Å²) in [5.74, 6) is -0.970. The summed E-state index contributed by atoms with van der Waals surface area (Å²) in [5.41, 5.74) is -1.23. The van der Waals surface area contributed by atoms with Crippen molar-refractivity contribution in [2.24, 2.45) is 0 Å². The maximum Gasteiger partial charge on any atom is 0.420 e. The highest BCUT2D eigenvalue weighted by Crippen LogP contribution is 2.40. The van der Waals surface area contributed by atoms with Gasteiger partial charge in [-0.1, -0.05) is 12.1 Å². The predicted octanol–water partition coefficient (Wildman–Crippen LogP) is 3.64. The smallest absolute Gasteiger partial charge is 0.420 e. The molecule has 194 valence electrons. The topological polar surface area (TPSA) is 97.0 Å². The van der Waals surface area contributed by atoms with Gasteiger partial charge in [0.1, 0.15) is 28.4 Å². The molecule has 0 aliphatic heterocycles. The van der Waals surface area contributed by atoms with Crippen molar-refractivity contribution in [2.45, 2.75) is 43.9 Å². The molecule has 36 heavy (non-hydrogen) atoms. The number of methoxy groups -OCH3 is 1. The molecular formula is C25H28F3N3O5. The van der Waals surface area contributed by atoms with Crippen LogP contribution < -0.4 is 20.1 Å². The molecule has 8 nitrogen and oxygen atoms in total. The zero-order chi connectivity index (χ0) is 26.5. The van der Waals surface area contributed by atoms with Gasteiger partial charge in [0.15, 0.2) is 0 Å². The largest absolute Gasteiger partial charge is 0.497 e. The van der Waals surface area contributed by atoms with E-state index in [1.54, 1.807) is 26.2 Å². The molecule has 2 N–H and O–H groups in total. The van der Waals surface area contributed by atoms with Crippen molar-refractivity contribution in [3.63, 3.8) is 0 Å². The van der Waals surface area contributed by atoms with E-state index >= 15 is 0 Å². The molecule has 1 saturated carbocycles. The van der Waals surface area contributed by atoms with E-state index < -0.39 is 17.3 Å². The van der Waals surface area contributed by atoms with Crippen LogP contribution in [-0.2, 0) is 27.1 Å². The lowest BCUT2D eigenvalue weighted by atomic mass is 10.1. The number of nitrogens with zero attached hydrogens (tertiary/aromatic N) is 1. The van der Waals surface area contributed by atoms with Gasteiger partial charge in [0, 0.05) is 33.5 Å². The molecule has 1 aliphatic rings. The number of amides is 3. The van der Waals surface area contributed by atoms with Crippen molar-refractivity contribution in [3.05, 3.63) is 53.6 Å². The fourth-order valence-corrected chi connectivity index (χ4v) is 3.41. The number of hydrogen-bond donors (Lipinski definition) is 2. The second-order valence-corrected chi connectivity index (χ2v) is 8.71. The summed E-state index contributed by atoms with van der Waals surface area (Å²) in [6, 6.07) is 9.68. The number of alkyl halides is 3. The Bertz CT molecular complexity index is 1110. The summed E-state index contributed by atoms with van der Waals surface area (Å²) < 4.78 is 50.4. The highest BCUT2D eigenvalue weighted by molar-refractivity contribution is 5.94. The van der Waals surface area contributed by atoms with Gasteiger partial charge in [-0.3, -0.25) is 14.4 Å². The van der Waals surface area contributed by atoms with Crippen LogP contribution in [0.4, 0.5) is 13.2 Å². The van der Waals surface area contributed by atoms with Crippen molar-refractivity contribution in [2.75, 3.05) is 21.2 Å². The quantitative estimate of drug-likeness (QED) is 0.512. The maximum atomic E-state index is 13.4. The molecule has 0 bridgehead atoms. The zero-order valence-corrected chi connectivity index (χ0v) is 20.2. The Balaban J connectivity index is 1.54. The first-order valence-corrected chi connectivity index (χ1v) is 11.2. The van der Waals surface area contributed by atoms with E-state index in [4.69, 9.17) is 9.47 Å². The maximum absolute atomic E-state index is 13.4. The second-order valence-electron chi connectivity index (χ2n) is 8.71. The van der Waals surface area contributed by atoms with Gasteiger partial charge >= 0.3 is 6.18 Å². The van der Waals surface area contributed by atoms with Crippen LogP contribution in [-0.4, -0.2) is 49.4 Å². The fraction of sp³-hybridized carbons (Fsp3) is 0.400. The van der Waals surface area contributed by atoms with Crippen LogP contribution in [0.2, 0.25) is 0 Å². The summed E-state index contributed by atoms with van der Waals surface area (Å²) in [4.78, 5) is 37.8. The van der Waals surface area contributed by atoms with Gasteiger partial charge in [-0.05, 0) is 48.7 Å². The number of carbonyl (C=O) groups is 3. The van der Waals surface area contributed by atoms with Gasteiger partial charge in [-0.15, -0.1) is 0 Å². The number of nitrogens with one attached hydrogen (secondary N) is 2. The van der Waals surface area contributed by atoms with Crippen LogP contribution in [0.1, 0.15) is 36.8 Å². The standard InChI is InChI=1S/C25H28F3N3O5/c1-31(2)22(33)11-10-21(32)30-24(12-13-24)23(34)29-15-16-4-6-17(7-5-16)36-20-9-8-18(35-3)14-19(20)25(26,27)28/h4-9,14H,10-13,15H2,1-3H3,(H,29,34)(H,30,32). The molecule has 2 aromatic carbocycles. The van der Waals surface area contributed by atoms with Crippen molar-refractivity contribution in [1.29, 1.82) is 0 Å². The first-order valence-electron chi connectivity index (χ1n) is 11.2. The summed E-state index contributed by atoms with van der Waals surface area (Å²) in [6.45, 7) is 0.159. The van der Waals surface area contributed by atoms with Crippen LogP contribution in [0.25, 0.3) is 0 Å². The molecule has 0 unspecified atom stereocenters. The van der Waals surface area contributed by atoms with E-state index in [1.807, 2.05) is 0 Å². The summed E-state index contributed by atoms with van der Waals surface area (Å²) in [6.07, 6.45) is -3.56. The molecule has 0 spiro atoms. The third-order valence-electron chi connectivity index (χ3n) is 5.72. The molecular weight excluding hydrogens is 479 g/mol. The molecule has 3 rings (SSSR count).